The second-order valence-corrected chi connectivity index (χ2v) is 6.90. The zero-order chi connectivity index (χ0) is 15.1. The van der Waals surface area contributed by atoms with Crippen LogP contribution in [0.25, 0.3) is 0 Å². The van der Waals surface area contributed by atoms with E-state index >= 15 is 0 Å². The molecule has 2 aromatic rings. The van der Waals surface area contributed by atoms with Crippen LogP contribution < -0.4 is 10.1 Å². The molecule has 1 N–H and O–H groups in total. The third-order valence-electron chi connectivity index (χ3n) is 3.48. The summed E-state index contributed by atoms with van der Waals surface area (Å²) in [5.41, 5.74) is 1.28. The van der Waals surface area contributed by atoms with Gasteiger partial charge < -0.3 is 10.1 Å². The van der Waals surface area contributed by atoms with Crippen LogP contribution in [-0.2, 0) is 6.42 Å². The highest BCUT2D eigenvalue weighted by Gasteiger charge is 2.15. The number of hydrogen-bond donors (Lipinski definition) is 1. The maximum Gasteiger partial charge on any atom is 0.119 e. The largest absolute Gasteiger partial charge is 0.497 e. The molecule has 2 nitrogen and oxygen atoms in total. The Hall–Kier alpha value is -0.840. The van der Waals surface area contributed by atoms with Crippen LogP contribution in [0.15, 0.2) is 40.2 Å². The highest BCUT2D eigenvalue weighted by Crippen LogP contribution is 2.30. The molecule has 2 rings (SSSR count). The Labute approximate surface area is 139 Å². The van der Waals surface area contributed by atoms with E-state index in [-0.39, 0.29) is 0 Å². The highest BCUT2D eigenvalue weighted by atomic mass is 79.9. The molecule has 21 heavy (non-hydrogen) atoms. The van der Waals surface area contributed by atoms with Crippen LogP contribution in [0.5, 0.6) is 5.75 Å². The van der Waals surface area contributed by atoms with Crippen molar-refractivity contribution in [1.29, 1.82) is 0 Å². The SMILES string of the molecule is CCCNC(CCc1cccs1)c1cc(OC)ccc1Br. The lowest BCUT2D eigenvalue weighted by atomic mass is 10.0. The average molecular weight is 368 g/mol. The number of thiophene rings is 1. The Morgan fingerprint density at radius 2 is 2.19 bits per heavy atom. The molecule has 1 unspecified atom stereocenters. The van der Waals surface area contributed by atoms with Gasteiger partial charge in [0.1, 0.15) is 5.75 Å². The summed E-state index contributed by atoms with van der Waals surface area (Å²) < 4.78 is 6.51. The molecule has 4 heteroatoms. The Bertz CT molecular complexity index is 542. The second-order valence-electron chi connectivity index (χ2n) is 5.01. The minimum atomic E-state index is 0.344. The van der Waals surface area contributed by atoms with E-state index < -0.39 is 0 Å². The Morgan fingerprint density at radius 3 is 2.86 bits per heavy atom. The number of ether oxygens (including phenoxy) is 1. The quantitative estimate of drug-likeness (QED) is 0.692. The highest BCUT2D eigenvalue weighted by molar-refractivity contribution is 9.10. The molecule has 0 aliphatic rings. The predicted octanol–water partition coefficient (Wildman–Crippen LogP) is 5.19. The molecule has 0 amide bonds. The lowest BCUT2D eigenvalue weighted by molar-refractivity contribution is 0.412. The third-order valence-corrected chi connectivity index (χ3v) is 5.14. The van der Waals surface area contributed by atoms with Gasteiger partial charge in [-0.2, -0.15) is 0 Å². The van der Waals surface area contributed by atoms with Gasteiger partial charge in [-0.05, 0) is 61.0 Å². The van der Waals surface area contributed by atoms with Crippen LogP contribution in [0.4, 0.5) is 0 Å². The van der Waals surface area contributed by atoms with Crippen LogP contribution in [0.2, 0.25) is 0 Å². The maximum absolute atomic E-state index is 5.37. The number of halogens is 1. The van der Waals surface area contributed by atoms with Crippen molar-refractivity contribution in [3.8, 4) is 5.75 Å². The molecule has 1 aromatic heterocycles. The van der Waals surface area contributed by atoms with Crippen molar-refractivity contribution in [2.45, 2.75) is 32.2 Å². The summed E-state index contributed by atoms with van der Waals surface area (Å²) >= 11 is 5.51. The van der Waals surface area contributed by atoms with Crippen LogP contribution >= 0.6 is 27.3 Å². The van der Waals surface area contributed by atoms with Crippen molar-refractivity contribution in [3.05, 3.63) is 50.6 Å². The molecule has 0 radical (unpaired) electrons. The lowest BCUT2D eigenvalue weighted by Crippen LogP contribution is -2.23. The van der Waals surface area contributed by atoms with Gasteiger partial charge in [0.2, 0.25) is 0 Å². The predicted molar refractivity (Wildman–Crippen MR) is 94.4 cm³/mol. The van der Waals surface area contributed by atoms with Gasteiger partial charge in [-0.25, -0.2) is 0 Å². The normalized spacial score (nSPS) is 12.3. The van der Waals surface area contributed by atoms with Gasteiger partial charge in [0.25, 0.3) is 0 Å². The van der Waals surface area contributed by atoms with Crippen molar-refractivity contribution < 1.29 is 4.74 Å². The van der Waals surface area contributed by atoms with Crippen molar-refractivity contribution in [2.75, 3.05) is 13.7 Å². The minimum Gasteiger partial charge on any atom is -0.497 e. The number of methoxy groups -OCH3 is 1. The fraction of sp³-hybridized carbons (Fsp3) is 0.412. The maximum atomic E-state index is 5.37. The Morgan fingerprint density at radius 1 is 1.33 bits per heavy atom. The van der Waals surface area contributed by atoms with Crippen molar-refractivity contribution in [1.82, 2.24) is 5.32 Å². The lowest BCUT2D eigenvalue weighted by Gasteiger charge is -2.21. The van der Waals surface area contributed by atoms with Crippen molar-refractivity contribution >= 4 is 27.3 Å². The van der Waals surface area contributed by atoms with Gasteiger partial charge in [-0.15, -0.1) is 11.3 Å². The van der Waals surface area contributed by atoms with Crippen molar-refractivity contribution in [2.24, 2.45) is 0 Å². The number of nitrogens with one attached hydrogen (secondary N) is 1. The zero-order valence-electron chi connectivity index (χ0n) is 12.6. The number of aryl methyl sites for hydroxylation is 1. The molecule has 1 heterocycles. The fourth-order valence-corrected chi connectivity index (χ4v) is 3.59. The molecule has 0 fully saturated rings. The first-order valence-corrected chi connectivity index (χ1v) is 9.01. The zero-order valence-corrected chi connectivity index (χ0v) is 15.0. The standard InChI is InChI=1S/C17H22BrNOS/c1-3-10-19-17(9-7-14-5-4-11-21-14)15-12-13(20-2)6-8-16(15)18/h4-6,8,11-12,17,19H,3,7,9-10H2,1-2H3. The molecule has 1 atom stereocenters. The summed E-state index contributed by atoms with van der Waals surface area (Å²) in [4.78, 5) is 1.44. The minimum absolute atomic E-state index is 0.344. The van der Waals surface area contributed by atoms with Crippen molar-refractivity contribution in [3.63, 3.8) is 0 Å². The van der Waals surface area contributed by atoms with Gasteiger partial charge in [0, 0.05) is 15.4 Å². The molecular weight excluding hydrogens is 346 g/mol. The molecule has 0 aliphatic carbocycles. The second kappa shape index (κ2) is 8.57. The van der Waals surface area contributed by atoms with E-state index in [1.165, 1.54) is 10.4 Å². The molecule has 0 spiro atoms. The van der Waals surface area contributed by atoms with E-state index in [2.05, 4.69) is 57.8 Å². The van der Waals surface area contributed by atoms with Gasteiger partial charge in [-0.3, -0.25) is 0 Å². The van der Waals surface area contributed by atoms with E-state index in [4.69, 9.17) is 4.74 Å². The molecule has 1 aromatic carbocycles. The van der Waals surface area contributed by atoms with E-state index in [0.717, 1.165) is 36.0 Å². The van der Waals surface area contributed by atoms with E-state index in [1.807, 2.05) is 17.4 Å². The van der Waals surface area contributed by atoms with Gasteiger partial charge in [0.05, 0.1) is 7.11 Å². The monoisotopic (exact) mass is 367 g/mol. The number of hydrogen-bond acceptors (Lipinski definition) is 3. The van der Waals surface area contributed by atoms with Gasteiger partial charge in [-0.1, -0.05) is 28.9 Å². The smallest absolute Gasteiger partial charge is 0.119 e. The van der Waals surface area contributed by atoms with E-state index in [9.17, 15) is 0 Å². The van der Waals surface area contributed by atoms with Gasteiger partial charge >= 0.3 is 0 Å². The molecule has 0 saturated heterocycles. The van der Waals surface area contributed by atoms with Crippen LogP contribution in [0, 0.1) is 0 Å². The Balaban J connectivity index is 2.14. The summed E-state index contributed by atoms with van der Waals surface area (Å²) in [5.74, 6) is 0.910. The topological polar surface area (TPSA) is 21.3 Å². The molecule has 0 bridgehead atoms. The first-order chi connectivity index (χ1) is 10.2. The first-order valence-electron chi connectivity index (χ1n) is 7.33. The number of benzene rings is 1. The average Bonchev–Trinajstić information content (AvgIpc) is 3.02. The summed E-state index contributed by atoms with van der Waals surface area (Å²) in [5, 5.41) is 5.80. The summed E-state index contributed by atoms with van der Waals surface area (Å²) in [7, 11) is 1.72. The van der Waals surface area contributed by atoms with Crippen LogP contribution in [0.3, 0.4) is 0 Å². The summed E-state index contributed by atoms with van der Waals surface area (Å²) in [6.45, 7) is 3.22. The molecule has 0 saturated carbocycles. The van der Waals surface area contributed by atoms with Crippen LogP contribution in [-0.4, -0.2) is 13.7 Å². The van der Waals surface area contributed by atoms with Crippen LogP contribution in [0.1, 0.15) is 36.2 Å². The first kappa shape index (κ1) is 16.5. The third kappa shape index (κ3) is 4.83. The van der Waals surface area contributed by atoms with Gasteiger partial charge in [0.15, 0.2) is 0 Å². The molecule has 0 aliphatic heterocycles. The molecular formula is C17H22BrNOS. The van der Waals surface area contributed by atoms with E-state index in [0.29, 0.717) is 6.04 Å². The Kier molecular flexibility index (Phi) is 6.74. The van der Waals surface area contributed by atoms with E-state index in [1.54, 1.807) is 7.11 Å². The fourth-order valence-electron chi connectivity index (χ4n) is 2.34. The molecule has 114 valence electrons. The summed E-state index contributed by atoms with van der Waals surface area (Å²) in [6, 6.07) is 10.9. The summed E-state index contributed by atoms with van der Waals surface area (Å²) in [6.07, 6.45) is 3.33. The number of rotatable bonds is 8.